The maximum absolute atomic E-state index is 10.6. The highest BCUT2D eigenvalue weighted by Gasteiger charge is 2.28. The van der Waals surface area contributed by atoms with E-state index in [9.17, 15) is 9.90 Å². The number of hydrogen-bond acceptors (Lipinski definition) is 4. The molecule has 5 nitrogen and oxygen atoms in total. The highest BCUT2D eigenvalue weighted by molar-refractivity contribution is 5.76. The van der Waals surface area contributed by atoms with Crippen molar-refractivity contribution in [2.24, 2.45) is 0 Å². The Hall–Kier alpha value is -1.46. The van der Waals surface area contributed by atoms with Crippen LogP contribution in [0.4, 0.5) is 0 Å². The normalized spacial score (nSPS) is 14.4. The maximum Gasteiger partial charge on any atom is 0.336 e. The van der Waals surface area contributed by atoms with Crippen molar-refractivity contribution >= 4 is 5.97 Å². The van der Waals surface area contributed by atoms with Crippen LogP contribution in [0.5, 0.6) is 0 Å². The van der Waals surface area contributed by atoms with Crippen molar-refractivity contribution in [3.05, 3.63) is 30.1 Å². The predicted molar refractivity (Wildman–Crippen MR) is 59.1 cm³/mol. The number of aromatic nitrogens is 1. The van der Waals surface area contributed by atoms with Crippen molar-refractivity contribution < 1.29 is 15.0 Å². The highest BCUT2D eigenvalue weighted by atomic mass is 16.4. The molecule has 1 unspecified atom stereocenters. The van der Waals surface area contributed by atoms with E-state index in [0.29, 0.717) is 13.0 Å². The number of carbonyl (C=O) groups is 1. The van der Waals surface area contributed by atoms with E-state index >= 15 is 0 Å². The smallest absolute Gasteiger partial charge is 0.336 e. The zero-order valence-corrected chi connectivity index (χ0v) is 9.18. The molecule has 0 aliphatic carbocycles. The Morgan fingerprint density at radius 2 is 2.31 bits per heavy atom. The van der Waals surface area contributed by atoms with Crippen molar-refractivity contribution in [1.29, 1.82) is 0 Å². The lowest BCUT2D eigenvalue weighted by Gasteiger charge is -2.18. The van der Waals surface area contributed by atoms with Gasteiger partial charge in [-0.25, -0.2) is 4.79 Å². The summed E-state index contributed by atoms with van der Waals surface area (Å²) >= 11 is 0. The number of aliphatic carboxylic acids is 1. The predicted octanol–water partition coefficient (Wildman–Crippen LogP) is 0.0493. The van der Waals surface area contributed by atoms with E-state index in [0.717, 1.165) is 5.69 Å². The first kappa shape index (κ1) is 12.6. The minimum absolute atomic E-state index is 0.0230. The first-order chi connectivity index (χ1) is 7.52. The van der Waals surface area contributed by atoms with Crippen LogP contribution in [-0.2, 0) is 11.2 Å². The lowest BCUT2D eigenvalue weighted by Crippen LogP contribution is -2.45. The fourth-order valence-corrected chi connectivity index (χ4v) is 1.17. The number of nitrogens with one attached hydrogen (secondary N) is 1. The second-order valence-electron chi connectivity index (χ2n) is 3.83. The summed E-state index contributed by atoms with van der Waals surface area (Å²) in [6.45, 7) is 1.87. The van der Waals surface area contributed by atoms with Gasteiger partial charge in [0.2, 0.25) is 0 Å². The minimum atomic E-state index is -1.72. The molecule has 5 heteroatoms. The molecule has 0 radical (unpaired) electrons. The van der Waals surface area contributed by atoms with Gasteiger partial charge in [0.1, 0.15) is 0 Å². The number of hydrogen-bond donors (Lipinski definition) is 3. The molecule has 0 aliphatic heterocycles. The maximum atomic E-state index is 10.6. The average Bonchev–Trinajstić information content (AvgIpc) is 2.26. The molecular weight excluding hydrogens is 208 g/mol. The van der Waals surface area contributed by atoms with Gasteiger partial charge in [-0.2, -0.15) is 0 Å². The molecule has 0 bridgehead atoms. The summed E-state index contributed by atoms with van der Waals surface area (Å²) in [6.07, 6.45) is 2.42. The van der Waals surface area contributed by atoms with Gasteiger partial charge in [0.15, 0.2) is 5.60 Å². The van der Waals surface area contributed by atoms with Crippen molar-refractivity contribution in [2.45, 2.75) is 18.9 Å². The third-order valence-electron chi connectivity index (χ3n) is 2.21. The van der Waals surface area contributed by atoms with E-state index in [1.54, 1.807) is 6.20 Å². The number of aliphatic hydroxyl groups is 1. The molecule has 1 heterocycles. The molecule has 0 aliphatic rings. The van der Waals surface area contributed by atoms with Gasteiger partial charge >= 0.3 is 5.97 Å². The number of nitrogens with zero attached hydrogens (tertiary/aromatic N) is 1. The summed E-state index contributed by atoms with van der Waals surface area (Å²) in [5, 5.41) is 21.0. The monoisotopic (exact) mass is 224 g/mol. The first-order valence-corrected chi connectivity index (χ1v) is 5.09. The van der Waals surface area contributed by atoms with Crippen LogP contribution in [0.15, 0.2) is 24.4 Å². The van der Waals surface area contributed by atoms with Crippen LogP contribution in [0, 0.1) is 0 Å². The van der Waals surface area contributed by atoms with Crippen LogP contribution in [0.2, 0.25) is 0 Å². The largest absolute Gasteiger partial charge is 0.479 e. The summed E-state index contributed by atoms with van der Waals surface area (Å²) in [4.78, 5) is 14.7. The molecule has 16 heavy (non-hydrogen) atoms. The Labute approximate surface area is 94.1 Å². The van der Waals surface area contributed by atoms with Crippen LogP contribution >= 0.6 is 0 Å². The standard InChI is InChI=1S/C11H16N2O3/c1-11(16,10(14)15)8-12-7-5-9-4-2-3-6-13-9/h2-4,6,12,16H,5,7-8H2,1H3,(H,14,15). The number of carboxylic acids is 1. The second kappa shape index (κ2) is 5.58. The van der Waals surface area contributed by atoms with Crippen LogP contribution in [-0.4, -0.2) is 39.9 Å². The van der Waals surface area contributed by atoms with Gasteiger partial charge in [-0.15, -0.1) is 0 Å². The molecular formula is C11H16N2O3. The topological polar surface area (TPSA) is 82.5 Å². The molecule has 0 amide bonds. The van der Waals surface area contributed by atoms with Crippen LogP contribution < -0.4 is 5.32 Å². The molecule has 1 rings (SSSR count). The van der Waals surface area contributed by atoms with E-state index < -0.39 is 11.6 Å². The molecule has 1 aromatic rings. The van der Waals surface area contributed by atoms with E-state index in [1.807, 2.05) is 18.2 Å². The summed E-state index contributed by atoms with van der Waals surface area (Å²) in [5.41, 5.74) is -0.783. The minimum Gasteiger partial charge on any atom is -0.479 e. The number of carboxylic acid groups (broad SMARTS) is 1. The fraction of sp³-hybridized carbons (Fsp3) is 0.455. The van der Waals surface area contributed by atoms with Gasteiger partial charge in [0, 0.05) is 31.4 Å². The van der Waals surface area contributed by atoms with Gasteiger partial charge in [-0.1, -0.05) is 6.07 Å². The summed E-state index contributed by atoms with van der Waals surface area (Å²) in [5.74, 6) is -1.22. The van der Waals surface area contributed by atoms with Gasteiger partial charge < -0.3 is 15.5 Å². The number of rotatable bonds is 6. The van der Waals surface area contributed by atoms with Crippen molar-refractivity contribution in [3.63, 3.8) is 0 Å². The molecule has 0 saturated carbocycles. The van der Waals surface area contributed by atoms with Crippen LogP contribution in [0.1, 0.15) is 12.6 Å². The highest BCUT2D eigenvalue weighted by Crippen LogP contribution is 2.00. The quantitative estimate of drug-likeness (QED) is 0.595. The van der Waals surface area contributed by atoms with E-state index in [2.05, 4.69) is 10.3 Å². The fourth-order valence-electron chi connectivity index (χ4n) is 1.17. The SMILES string of the molecule is CC(O)(CNCCc1ccccn1)C(=O)O. The van der Waals surface area contributed by atoms with Gasteiger partial charge in [-0.05, 0) is 19.1 Å². The van der Waals surface area contributed by atoms with E-state index in [4.69, 9.17) is 5.11 Å². The summed E-state index contributed by atoms with van der Waals surface area (Å²) in [6, 6.07) is 5.64. The summed E-state index contributed by atoms with van der Waals surface area (Å²) < 4.78 is 0. The van der Waals surface area contributed by atoms with Gasteiger partial charge in [-0.3, -0.25) is 4.98 Å². The molecule has 3 N–H and O–H groups in total. The van der Waals surface area contributed by atoms with Gasteiger partial charge in [0.25, 0.3) is 0 Å². The molecule has 1 atom stereocenters. The zero-order chi connectivity index (χ0) is 12.0. The zero-order valence-electron chi connectivity index (χ0n) is 9.18. The molecule has 0 aromatic carbocycles. The lowest BCUT2D eigenvalue weighted by atomic mass is 10.1. The van der Waals surface area contributed by atoms with E-state index in [-0.39, 0.29) is 6.54 Å². The Bertz CT molecular complexity index is 338. The third-order valence-corrected chi connectivity index (χ3v) is 2.21. The Kier molecular flexibility index (Phi) is 4.39. The number of pyridine rings is 1. The molecule has 0 saturated heterocycles. The lowest BCUT2D eigenvalue weighted by molar-refractivity contribution is -0.156. The Morgan fingerprint density at radius 3 is 2.88 bits per heavy atom. The third kappa shape index (κ3) is 3.96. The van der Waals surface area contributed by atoms with Gasteiger partial charge in [0.05, 0.1) is 0 Å². The van der Waals surface area contributed by atoms with Crippen molar-refractivity contribution in [2.75, 3.05) is 13.1 Å². The van der Waals surface area contributed by atoms with Crippen LogP contribution in [0.25, 0.3) is 0 Å². The van der Waals surface area contributed by atoms with E-state index in [1.165, 1.54) is 6.92 Å². The molecule has 0 fully saturated rings. The Balaban J connectivity index is 2.25. The molecule has 88 valence electrons. The van der Waals surface area contributed by atoms with Crippen LogP contribution in [0.3, 0.4) is 0 Å². The molecule has 0 spiro atoms. The Morgan fingerprint density at radius 1 is 1.56 bits per heavy atom. The second-order valence-corrected chi connectivity index (χ2v) is 3.83. The van der Waals surface area contributed by atoms with Crippen molar-refractivity contribution in [3.8, 4) is 0 Å². The summed E-state index contributed by atoms with van der Waals surface area (Å²) in [7, 11) is 0. The van der Waals surface area contributed by atoms with Crippen molar-refractivity contribution in [1.82, 2.24) is 10.3 Å². The molecule has 1 aromatic heterocycles. The average molecular weight is 224 g/mol. The first-order valence-electron chi connectivity index (χ1n) is 5.09.